The number of carbonyl (C=O) groups is 1. The van der Waals surface area contributed by atoms with Crippen LogP contribution in [-0.4, -0.2) is 54.3 Å². The van der Waals surface area contributed by atoms with E-state index in [-0.39, 0.29) is 19.1 Å². The molecule has 1 aliphatic rings. The van der Waals surface area contributed by atoms with Gasteiger partial charge >= 0.3 is 5.97 Å². The molecular weight excluding hydrogens is 282 g/mol. The van der Waals surface area contributed by atoms with Gasteiger partial charge in [0.2, 0.25) is 0 Å². The zero-order valence-corrected chi connectivity index (χ0v) is 12.8. The van der Waals surface area contributed by atoms with Gasteiger partial charge in [-0.15, -0.1) is 0 Å². The Morgan fingerprint density at radius 3 is 2.65 bits per heavy atom. The molecule has 0 spiro atoms. The van der Waals surface area contributed by atoms with Crippen LogP contribution in [0.5, 0.6) is 0 Å². The van der Waals surface area contributed by atoms with Gasteiger partial charge in [-0.25, -0.2) is 0 Å². The Kier molecular flexibility index (Phi) is 5.50. The second kappa shape index (κ2) is 6.52. The highest BCUT2D eigenvalue weighted by molar-refractivity contribution is 7.86. The van der Waals surface area contributed by atoms with E-state index in [2.05, 4.69) is 0 Å². The summed E-state index contributed by atoms with van der Waals surface area (Å²) >= 11 is 0. The van der Waals surface area contributed by atoms with E-state index in [0.29, 0.717) is 12.8 Å². The molecule has 0 saturated carbocycles. The van der Waals surface area contributed by atoms with Crippen LogP contribution in [0.2, 0.25) is 0 Å². The Labute approximate surface area is 120 Å². The minimum Gasteiger partial charge on any atom is -0.481 e. The number of aliphatic carboxylic acids is 1. The van der Waals surface area contributed by atoms with Gasteiger partial charge in [0.25, 0.3) is 10.2 Å². The normalized spacial score (nSPS) is 26.1. The van der Waals surface area contributed by atoms with Crippen LogP contribution >= 0.6 is 0 Å². The van der Waals surface area contributed by atoms with E-state index in [1.807, 2.05) is 6.07 Å². The maximum Gasteiger partial charge on any atom is 0.307 e. The summed E-state index contributed by atoms with van der Waals surface area (Å²) in [7, 11) is -2.31. The lowest BCUT2D eigenvalue weighted by molar-refractivity contribution is -0.143. The van der Waals surface area contributed by atoms with Gasteiger partial charge in [0.05, 0.1) is 17.9 Å². The summed E-state index contributed by atoms with van der Waals surface area (Å²) in [5.41, 5.74) is 0. The van der Waals surface area contributed by atoms with Crippen molar-refractivity contribution in [2.45, 2.75) is 32.7 Å². The number of piperidine rings is 1. The standard InChI is InChI=1S/C12H21N3O4S/c1-9(6-13)7-14(3)20(18,19)15-8-11(12(16)17)5-4-10(15)2/h9-11H,4-5,7-8H2,1-3H3,(H,16,17). The highest BCUT2D eigenvalue weighted by Gasteiger charge is 2.38. The molecule has 1 aliphatic heterocycles. The molecule has 0 aromatic heterocycles. The first-order valence-electron chi connectivity index (χ1n) is 6.55. The SMILES string of the molecule is CC(C#N)CN(C)S(=O)(=O)N1CC(C(=O)O)CCC1C. The van der Waals surface area contributed by atoms with Crippen molar-refractivity contribution in [3.8, 4) is 6.07 Å². The fourth-order valence-electron chi connectivity index (χ4n) is 2.30. The Morgan fingerprint density at radius 2 is 2.15 bits per heavy atom. The smallest absolute Gasteiger partial charge is 0.307 e. The molecule has 114 valence electrons. The molecule has 0 bridgehead atoms. The number of nitrogens with zero attached hydrogens (tertiary/aromatic N) is 3. The Morgan fingerprint density at radius 1 is 1.55 bits per heavy atom. The number of rotatable bonds is 5. The van der Waals surface area contributed by atoms with Crippen molar-refractivity contribution in [1.82, 2.24) is 8.61 Å². The van der Waals surface area contributed by atoms with E-state index in [0.717, 1.165) is 4.31 Å². The number of hydrogen-bond donors (Lipinski definition) is 1. The summed E-state index contributed by atoms with van der Waals surface area (Å²) in [6.07, 6.45) is 1.01. The van der Waals surface area contributed by atoms with Crippen molar-refractivity contribution < 1.29 is 18.3 Å². The molecule has 8 heteroatoms. The largest absolute Gasteiger partial charge is 0.481 e. The fraction of sp³-hybridized carbons (Fsp3) is 0.833. The fourth-order valence-corrected chi connectivity index (χ4v) is 4.00. The van der Waals surface area contributed by atoms with Crippen molar-refractivity contribution in [2.75, 3.05) is 20.1 Å². The predicted octanol–water partition coefficient (Wildman–Crippen LogP) is 0.508. The van der Waals surface area contributed by atoms with Crippen molar-refractivity contribution >= 4 is 16.2 Å². The average Bonchev–Trinajstić information content (AvgIpc) is 2.38. The third-order valence-corrected chi connectivity index (χ3v) is 5.65. The third-order valence-electron chi connectivity index (χ3n) is 3.62. The first-order chi connectivity index (χ1) is 9.20. The molecule has 1 saturated heterocycles. The molecule has 0 aromatic carbocycles. The number of carboxylic acid groups (broad SMARTS) is 1. The van der Waals surface area contributed by atoms with Crippen molar-refractivity contribution in [2.24, 2.45) is 11.8 Å². The van der Waals surface area contributed by atoms with Gasteiger partial charge < -0.3 is 5.11 Å². The monoisotopic (exact) mass is 303 g/mol. The maximum atomic E-state index is 12.5. The first kappa shape index (κ1) is 16.9. The van der Waals surface area contributed by atoms with Crippen LogP contribution in [0.15, 0.2) is 0 Å². The Bertz CT molecular complexity index is 499. The van der Waals surface area contributed by atoms with Gasteiger partial charge in [-0.1, -0.05) is 0 Å². The zero-order chi connectivity index (χ0) is 15.5. The van der Waals surface area contributed by atoms with Crippen LogP contribution in [0.25, 0.3) is 0 Å². The first-order valence-corrected chi connectivity index (χ1v) is 7.95. The molecule has 0 aromatic rings. The lowest BCUT2D eigenvalue weighted by Crippen LogP contribution is -2.52. The van der Waals surface area contributed by atoms with Crippen LogP contribution in [-0.2, 0) is 15.0 Å². The predicted molar refractivity (Wildman–Crippen MR) is 72.9 cm³/mol. The van der Waals surface area contributed by atoms with E-state index in [1.165, 1.54) is 11.4 Å². The molecule has 1 rings (SSSR count). The molecule has 0 aliphatic carbocycles. The summed E-state index contributed by atoms with van der Waals surface area (Å²) in [5, 5.41) is 17.8. The summed E-state index contributed by atoms with van der Waals surface area (Å²) in [6, 6.07) is 1.76. The van der Waals surface area contributed by atoms with Crippen LogP contribution in [0.1, 0.15) is 26.7 Å². The van der Waals surface area contributed by atoms with Gasteiger partial charge in [0, 0.05) is 26.2 Å². The van der Waals surface area contributed by atoms with Gasteiger partial charge in [-0.3, -0.25) is 4.79 Å². The Balaban J connectivity index is 2.89. The zero-order valence-electron chi connectivity index (χ0n) is 12.0. The second-order valence-corrected chi connectivity index (χ2v) is 7.34. The molecule has 0 amide bonds. The summed E-state index contributed by atoms with van der Waals surface area (Å²) in [5.74, 6) is -2.04. The van der Waals surface area contributed by atoms with E-state index in [9.17, 15) is 13.2 Å². The van der Waals surface area contributed by atoms with Crippen molar-refractivity contribution in [3.05, 3.63) is 0 Å². The van der Waals surface area contributed by atoms with E-state index < -0.39 is 28.0 Å². The van der Waals surface area contributed by atoms with Gasteiger partial charge in [-0.2, -0.15) is 22.3 Å². The summed E-state index contributed by atoms with van der Waals surface area (Å²) in [6.45, 7) is 3.51. The number of nitriles is 1. The maximum absolute atomic E-state index is 12.5. The molecule has 7 nitrogen and oxygen atoms in total. The minimum atomic E-state index is -3.73. The molecule has 3 atom stereocenters. The van der Waals surface area contributed by atoms with E-state index in [4.69, 9.17) is 10.4 Å². The van der Waals surface area contributed by atoms with Crippen LogP contribution in [0, 0.1) is 23.2 Å². The quantitative estimate of drug-likeness (QED) is 0.797. The van der Waals surface area contributed by atoms with Crippen molar-refractivity contribution in [1.29, 1.82) is 5.26 Å². The van der Waals surface area contributed by atoms with Crippen LogP contribution in [0.4, 0.5) is 0 Å². The molecule has 20 heavy (non-hydrogen) atoms. The summed E-state index contributed by atoms with van der Waals surface area (Å²) in [4.78, 5) is 11.0. The number of carboxylic acids is 1. The molecular formula is C12H21N3O4S. The second-order valence-electron chi connectivity index (χ2n) is 5.35. The number of hydrogen-bond acceptors (Lipinski definition) is 4. The lowest BCUT2D eigenvalue weighted by atomic mass is 9.96. The van der Waals surface area contributed by atoms with E-state index in [1.54, 1.807) is 13.8 Å². The lowest BCUT2D eigenvalue weighted by Gasteiger charge is -2.37. The third kappa shape index (κ3) is 3.69. The average molecular weight is 303 g/mol. The van der Waals surface area contributed by atoms with E-state index >= 15 is 0 Å². The topological polar surface area (TPSA) is 102 Å². The highest BCUT2D eigenvalue weighted by atomic mass is 32.2. The van der Waals surface area contributed by atoms with Gasteiger partial charge in [0.1, 0.15) is 0 Å². The summed E-state index contributed by atoms with van der Waals surface area (Å²) < 4.78 is 27.3. The molecule has 1 heterocycles. The molecule has 1 N–H and O–H groups in total. The molecule has 1 fully saturated rings. The van der Waals surface area contributed by atoms with Gasteiger partial charge in [-0.05, 0) is 26.7 Å². The molecule has 3 unspecified atom stereocenters. The molecule has 0 radical (unpaired) electrons. The van der Waals surface area contributed by atoms with Gasteiger partial charge in [0.15, 0.2) is 0 Å². The van der Waals surface area contributed by atoms with Crippen LogP contribution < -0.4 is 0 Å². The highest BCUT2D eigenvalue weighted by Crippen LogP contribution is 2.26. The van der Waals surface area contributed by atoms with Crippen LogP contribution in [0.3, 0.4) is 0 Å². The minimum absolute atomic E-state index is 0.00981. The van der Waals surface area contributed by atoms with Crippen molar-refractivity contribution in [3.63, 3.8) is 0 Å². The Hall–Kier alpha value is -1.17.